The van der Waals surface area contributed by atoms with Crippen LogP contribution in [0.25, 0.3) is 0 Å². The molecule has 0 bridgehead atoms. The molecular weight excluding hydrogens is 300 g/mol. The summed E-state index contributed by atoms with van der Waals surface area (Å²) in [7, 11) is -2.95. The number of nitrogens with zero attached hydrogens (tertiary/aromatic N) is 2. The lowest BCUT2D eigenvalue weighted by atomic mass is 9.99. The molecule has 0 aromatic carbocycles. The maximum atomic E-state index is 11.2. The first-order valence-electron chi connectivity index (χ1n) is 8.19. The van der Waals surface area contributed by atoms with Gasteiger partial charge in [-0.25, -0.2) is 8.42 Å². The van der Waals surface area contributed by atoms with E-state index in [-0.39, 0.29) is 11.3 Å². The van der Waals surface area contributed by atoms with Crippen LogP contribution < -0.4 is 10.6 Å². The smallest absolute Gasteiger partial charge is 0.191 e. The van der Waals surface area contributed by atoms with Crippen LogP contribution in [0.15, 0.2) is 4.99 Å². The van der Waals surface area contributed by atoms with Crippen LogP contribution in [0.2, 0.25) is 0 Å². The molecule has 0 aromatic heterocycles. The minimum Gasteiger partial charge on any atom is -0.357 e. The van der Waals surface area contributed by atoms with Crippen LogP contribution in [-0.4, -0.2) is 69.5 Å². The summed E-state index contributed by atoms with van der Waals surface area (Å²) >= 11 is 0. The third-order valence-corrected chi connectivity index (χ3v) is 4.89. The van der Waals surface area contributed by atoms with Crippen molar-refractivity contribution in [1.29, 1.82) is 0 Å². The van der Waals surface area contributed by atoms with Crippen LogP contribution >= 0.6 is 0 Å². The molecule has 0 aliphatic carbocycles. The SMILES string of the molecule is CCNC(=NCC(C)(C)N1CCCCC1)NCCS(C)(=O)=O. The van der Waals surface area contributed by atoms with E-state index in [1.165, 1.54) is 25.5 Å². The van der Waals surface area contributed by atoms with Gasteiger partial charge in [-0.05, 0) is 46.7 Å². The summed E-state index contributed by atoms with van der Waals surface area (Å²) in [6.45, 7) is 10.6. The first-order chi connectivity index (χ1) is 10.2. The first-order valence-corrected chi connectivity index (χ1v) is 10.3. The lowest BCUT2D eigenvalue weighted by molar-refractivity contribution is 0.102. The summed E-state index contributed by atoms with van der Waals surface area (Å²) in [6, 6.07) is 0. The van der Waals surface area contributed by atoms with Crippen molar-refractivity contribution in [3.8, 4) is 0 Å². The van der Waals surface area contributed by atoms with Gasteiger partial charge in [0.2, 0.25) is 0 Å². The zero-order chi connectivity index (χ0) is 16.6. The van der Waals surface area contributed by atoms with Crippen LogP contribution in [0.5, 0.6) is 0 Å². The number of nitrogens with one attached hydrogen (secondary N) is 2. The van der Waals surface area contributed by atoms with Crippen molar-refractivity contribution in [2.75, 3.05) is 44.7 Å². The Morgan fingerprint density at radius 3 is 2.36 bits per heavy atom. The highest BCUT2D eigenvalue weighted by atomic mass is 32.2. The van der Waals surface area contributed by atoms with Crippen molar-refractivity contribution in [1.82, 2.24) is 15.5 Å². The van der Waals surface area contributed by atoms with E-state index in [4.69, 9.17) is 0 Å². The van der Waals surface area contributed by atoms with Gasteiger partial charge >= 0.3 is 0 Å². The van der Waals surface area contributed by atoms with Crippen molar-refractivity contribution in [2.24, 2.45) is 4.99 Å². The third kappa shape index (κ3) is 7.45. The molecule has 0 amide bonds. The second kappa shape index (κ2) is 8.72. The molecule has 1 aliphatic rings. The van der Waals surface area contributed by atoms with E-state index in [9.17, 15) is 8.42 Å². The molecule has 1 rings (SSSR count). The minimum atomic E-state index is -2.95. The highest BCUT2D eigenvalue weighted by molar-refractivity contribution is 7.90. The van der Waals surface area contributed by atoms with E-state index in [2.05, 4.69) is 34.4 Å². The van der Waals surface area contributed by atoms with Gasteiger partial charge in [-0.3, -0.25) is 9.89 Å². The Hall–Kier alpha value is -0.820. The molecule has 0 unspecified atom stereocenters. The topological polar surface area (TPSA) is 73.8 Å². The summed E-state index contributed by atoms with van der Waals surface area (Å²) in [5, 5.41) is 6.26. The van der Waals surface area contributed by atoms with E-state index in [1.807, 2.05) is 6.92 Å². The molecular formula is C15H32N4O2S. The van der Waals surface area contributed by atoms with E-state index >= 15 is 0 Å². The molecule has 22 heavy (non-hydrogen) atoms. The number of guanidine groups is 1. The van der Waals surface area contributed by atoms with Crippen LogP contribution in [0, 0.1) is 0 Å². The maximum Gasteiger partial charge on any atom is 0.191 e. The first kappa shape index (κ1) is 19.2. The zero-order valence-corrected chi connectivity index (χ0v) is 15.3. The van der Waals surface area contributed by atoms with E-state index in [0.717, 1.165) is 19.6 Å². The maximum absolute atomic E-state index is 11.2. The Bertz CT molecular complexity index is 454. The molecule has 130 valence electrons. The van der Waals surface area contributed by atoms with Gasteiger partial charge in [-0.1, -0.05) is 6.42 Å². The standard InChI is InChI=1S/C15H32N4O2S/c1-5-16-14(17-9-12-22(4,20)21)18-13-15(2,3)19-10-7-6-8-11-19/h5-13H2,1-4H3,(H2,16,17,18). The second-order valence-electron chi connectivity index (χ2n) is 6.61. The largest absolute Gasteiger partial charge is 0.357 e. The van der Waals surface area contributed by atoms with Crippen molar-refractivity contribution in [3.05, 3.63) is 0 Å². The lowest BCUT2D eigenvalue weighted by Crippen LogP contribution is -2.49. The van der Waals surface area contributed by atoms with E-state index in [1.54, 1.807) is 0 Å². The van der Waals surface area contributed by atoms with Gasteiger partial charge in [0, 0.05) is 24.9 Å². The Morgan fingerprint density at radius 1 is 1.18 bits per heavy atom. The van der Waals surface area contributed by atoms with Crippen LogP contribution in [0.1, 0.15) is 40.0 Å². The Morgan fingerprint density at radius 2 is 1.82 bits per heavy atom. The summed E-state index contributed by atoms with van der Waals surface area (Å²) < 4.78 is 22.4. The lowest BCUT2D eigenvalue weighted by Gasteiger charge is -2.40. The highest BCUT2D eigenvalue weighted by Gasteiger charge is 2.27. The number of sulfone groups is 1. The number of rotatable bonds is 7. The minimum absolute atomic E-state index is 0.0274. The van der Waals surface area contributed by atoms with Gasteiger partial charge < -0.3 is 10.6 Å². The second-order valence-corrected chi connectivity index (χ2v) is 8.87. The Balaban J connectivity index is 2.55. The molecule has 1 saturated heterocycles. The predicted octanol–water partition coefficient (Wildman–Crippen LogP) is 0.851. The van der Waals surface area contributed by atoms with Crippen LogP contribution in [0.3, 0.4) is 0 Å². The van der Waals surface area contributed by atoms with Crippen molar-refractivity contribution >= 4 is 15.8 Å². The molecule has 0 atom stereocenters. The average molecular weight is 333 g/mol. The molecule has 1 fully saturated rings. The molecule has 0 spiro atoms. The number of piperidine rings is 1. The fourth-order valence-electron chi connectivity index (χ4n) is 2.57. The number of likely N-dealkylation sites (tertiary alicyclic amines) is 1. The Kier molecular flexibility index (Phi) is 7.62. The molecule has 0 radical (unpaired) electrons. The monoisotopic (exact) mass is 332 g/mol. The van der Waals surface area contributed by atoms with Gasteiger partial charge in [0.15, 0.2) is 5.96 Å². The summed E-state index contributed by atoms with van der Waals surface area (Å²) in [5.41, 5.74) is 0.0274. The third-order valence-electron chi connectivity index (χ3n) is 3.95. The molecule has 2 N–H and O–H groups in total. The fourth-order valence-corrected chi connectivity index (χ4v) is 3.04. The molecule has 0 aromatic rings. The quantitative estimate of drug-likeness (QED) is 0.534. The number of hydrogen-bond acceptors (Lipinski definition) is 4. The molecule has 0 saturated carbocycles. The molecule has 7 heteroatoms. The van der Waals surface area contributed by atoms with Crippen LogP contribution in [-0.2, 0) is 9.84 Å². The number of aliphatic imine (C=N–C) groups is 1. The van der Waals surface area contributed by atoms with E-state index < -0.39 is 9.84 Å². The highest BCUT2D eigenvalue weighted by Crippen LogP contribution is 2.20. The summed E-state index contributed by atoms with van der Waals surface area (Å²) in [4.78, 5) is 7.14. The van der Waals surface area contributed by atoms with Crippen LogP contribution in [0.4, 0.5) is 0 Å². The van der Waals surface area contributed by atoms with E-state index in [0.29, 0.717) is 19.0 Å². The van der Waals surface area contributed by atoms with Gasteiger partial charge in [0.25, 0.3) is 0 Å². The van der Waals surface area contributed by atoms with Gasteiger partial charge in [-0.2, -0.15) is 0 Å². The van der Waals surface area contributed by atoms with Crippen molar-refractivity contribution in [2.45, 2.75) is 45.6 Å². The molecule has 1 aliphatic heterocycles. The van der Waals surface area contributed by atoms with Crippen molar-refractivity contribution < 1.29 is 8.42 Å². The number of hydrogen-bond donors (Lipinski definition) is 2. The van der Waals surface area contributed by atoms with Gasteiger partial charge in [0.1, 0.15) is 9.84 Å². The molecule has 1 heterocycles. The van der Waals surface area contributed by atoms with Gasteiger partial charge in [0.05, 0.1) is 12.3 Å². The average Bonchev–Trinajstić information content (AvgIpc) is 2.44. The van der Waals surface area contributed by atoms with Crippen molar-refractivity contribution in [3.63, 3.8) is 0 Å². The van der Waals surface area contributed by atoms with Gasteiger partial charge in [-0.15, -0.1) is 0 Å². The molecule has 6 nitrogen and oxygen atoms in total. The summed E-state index contributed by atoms with van der Waals surface area (Å²) in [5.74, 6) is 0.809. The normalized spacial score (nSPS) is 18.3. The summed E-state index contributed by atoms with van der Waals surface area (Å²) in [6.07, 6.45) is 5.10. The fraction of sp³-hybridized carbons (Fsp3) is 0.933. The predicted molar refractivity (Wildman–Crippen MR) is 93.2 cm³/mol. The zero-order valence-electron chi connectivity index (χ0n) is 14.5. The Labute approximate surface area is 135 Å².